The van der Waals surface area contributed by atoms with Crippen LogP contribution >= 0.6 is 0 Å². The Morgan fingerprint density at radius 1 is 1.26 bits per heavy atom. The Hall–Kier alpha value is -0.610. The van der Waals surface area contributed by atoms with E-state index in [-0.39, 0.29) is 11.9 Å². The van der Waals surface area contributed by atoms with Gasteiger partial charge in [0, 0.05) is 12.6 Å². The summed E-state index contributed by atoms with van der Waals surface area (Å²) in [4.78, 5) is 14.4. The van der Waals surface area contributed by atoms with Gasteiger partial charge in [-0.15, -0.1) is 0 Å². The Morgan fingerprint density at radius 3 is 2.74 bits per heavy atom. The Bertz CT molecular complexity index is 258. The zero-order valence-electron chi connectivity index (χ0n) is 12.9. The number of hydrogen-bond acceptors (Lipinski definition) is 3. The van der Waals surface area contributed by atoms with Gasteiger partial charge < -0.3 is 15.5 Å². The summed E-state index contributed by atoms with van der Waals surface area (Å²) >= 11 is 0. The molecule has 2 atom stereocenters. The molecule has 4 nitrogen and oxygen atoms in total. The summed E-state index contributed by atoms with van der Waals surface area (Å²) in [7, 11) is 0. The lowest BCUT2D eigenvalue weighted by Gasteiger charge is -2.22. The lowest BCUT2D eigenvalue weighted by atomic mass is 10.1. The summed E-state index contributed by atoms with van der Waals surface area (Å²) in [5.74, 6) is 0.136. The number of amides is 1. The first kappa shape index (κ1) is 16.4. The van der Waals surface area contributed by atoms with Gasteiger partial charge in [0.1, 0.15) is 0 Å². The van der Waals surface area contributed by atoms with Crippen LogP contribution in [-0.4, -0.2) is 49.1 Å². The average Bonchev–Trinajstić information content (AvgIpc) is 2.62. The van der Waals surface area contributed by atoms with Crippen molar-refractivity contribution in [3.8, 4) is 0 Å². The lowest BCUT2D eigenvalue weighted by Crippen LogP contribution is -2.47. The van der Waals surface area contributed by atoms with Gasteiger partial charge in [0.2, 0.25) is 5.91 Å². The number of rotatable bonds is 7. The number of hydrogen-bond donors (Lipinski definition) is 2. The maximum atomic E-state index is 11.8. The highest BCUT2D eigenvalue weighted by Crippen LogP contribution is 2.12. The lowest BCUT2D eigenvalue weighted by molar-refractivity contribution is -0.122. The molecular formula is C15H31N3O. The fourth-order valence-corrected chi connectivity index (χ4v) is 2.69. The summed E-state index contributed by atoms with van der Waals surface area (Å²) < 4.78 is 0. The van der Waals surface area contributed by atoms with Crippen molar-refractivity contribution in [3.05, 3.63) is 0 Å². The van der Waals surface area contributed by atoms with Crippen LogP contribution in [0.2, 0.25) is 0 Å². The van der Waals surface area contributed by atoms with Crippen LogP contribution in [0, 0.1) is 0 Å². The zero-order chi connectivity index (χ0) is 14.1. The van der Waals surface area contributed by atoms with Crippen LogP contribution in [0.1, 0.15) is 52.9 Å². The van der Waals surface area contributed by atoms with Crippen molar-refractivity contribution in [1.82, 2.24) is 15.5 Å². The van der Waals surface area contributed by atoms with Crippen LogP contribution in [0.4, 0.5) is 0 Å². The number of carbonyl (C=O) groups excluding carboxylic acids is 1. The molecule has 1 rings (SSSR count). The van der Waals surface area contributed by atoms with Crippen LogP contribution in [0.25, 0.3) is 0 Å². The van der Waals surface area contributed by atoms with E-state index in [1.807, 2.05) is 6.92 Å². The Labute approximate surface area is 118 Å². The van der Waals surface area contributed by atoms with E-state index in [1.54, 1.807) is 0 Å². The van der Waals surface area contributed by atoms with Crippen molar-refractivity contribution in [1.29, 1.82) is 0 Å². The van der Waals surface area contributed by atoms with Gasteiger partial charge in [0.05, 0.1) is 6.04 Å². The topological polar surface area (TPSA) is 44.4 Å². The summed E-state index contributed by atoms with van der Waals surface area (Å²) in [5, 5.41) is 6.45. The van der Waals surface area contributed by atoms with E-state index in [9.17, 15) is 4.79 Å². The molecule has 0 aliphatic carbocycles. The molecule has 0 aromatic heterocycles. The van der Waals surface area contributed by atoms with Crippen LogP contribution < -0.4 is 10.6 Å². The van der Waals surface area contributed by atoms with Crippen LogP contribution in [0.15, 0.2) is 0 Å². The molecule has 1 aliphatic rings. The molecule has 0 radical (unpaired) electrons. The second-order valence-electron chi connectivity index (χ2n) is 5.65. The molecule has 1 saturated heterocycles. The molecule has 2 N–H and O–H groups in total. The molecule has 1 aliphatic heterocycles. The third-order valence-corrected chi connectivity index (χ3v) is 3.79. The van der Waals surface area contributed by atoms with E-state index < -0.39 is 0 Å². The van der Waals surface area contributed by atoms with Crippen molar-refractivity contribution in [3.63, 3.8) is 0 Å². The summed E-state index contributed by atoms with van der Waals surface area (Å²) in [6, 6.07) is 0.415. The fraction of sp³-hybridized carbons (Fsp3) is 0.933. The molecule has 0 saturated carbocycles. The van der Waals surface area contributed by atoms with E-state index in [4.69, 9.17) is 0 Å². The first-order valence-electron chi connectivity index (χ1n) is 7.93. The second kappa shape index (κ2) is 9.32. The molecule has 112 valence electrons. The van der Waals surface area contributed by atoms with Gasteiger partial charge >= 0.3 is 0 Å². The summed E-state index contributed by atoms with van der Waals surface area (Å²) in [6.45, 7) is 10.6. The Kier molecular flexibility index (Phi) is 8.07. The molecule has 0 aromatic rings. The van der Waals surface area contributed by atoms with Crippen molar-refractivity contribution < 1.29 is 4.79 Å². The monoisotopic (exact) mass is 269 g/mol. The molecule has 1 heterocycles. The predicted octanol–water partition coefficient (Wildman–Crippen LogP) is 1.76. The molecule has 0 bridgehead atoms. The third-order valence-electron chi connectivity index (χ3n) is 3.79. The number of nitrogens with zero attached hydrogens (tertiary/aromatic N) is 1. The summed E-state index contributed by atoms with van der Waals surface area (Å²) in [6.07, 6.45) is 5.81. The minimum atomic E-state index is -0.0747. The maximum absolute atomic E-state index is 11.8. The largest absolute Gasteiger partial charge is 0.355 e. The van der Waals surface area contributed by atoms with Gasteiger partial charge in [-0.25, -0.2) is 0 Å². The molecule has 2 unspecified atom stereocenters. The average molecular weight is 269 g/mol. The van der Waals surface area contributed by atoms with E-state index in [0.717, 1.165) is 25.9 Å². The van der Waals surface area contributed by atoms with E-state index in [2.05, 4.69) is 29.4 Å². The molecule has 0 aromatic carbocycles. The third kappa shape index (κ3) is 6.39. The second-order valence-corrected chi connectivity index (χ2v) is 5.65. The highest BCUT2D eigenvalue weighted by molar-refractivity contribution is 5.81. The van der Waals surface area contributed by atoms with Gasteiger partial charge in [-0.3, -0.25) is 4.79 Å². The first-order valence-corrected chi connectivity index (χ1v) is 7.93. The van der Waals surface area contributed by atoms with Gasteiger partial charge in [-0.05, 0) is 58.7 Å². The number of nitrogens with one attached hydrogen (secondary N) is 2. The standard InChI is InChI=1S/C15H31N3O/c1-4-9-16-15(19)13(3)17-14-7-6-11-18(10-5-2)12-8-14/h13-14,17H,4-12H2,1-3H3,(H,16,19). The van der Waals surface area contributed by atoms with Crippen LogP contribution in [0.3, 0.4) is 0 Å². The quantitative estimate of drug-likeness (QED) is 0.740. The number of carbonyl (C=O) groups is 1. The minimum absolute atomic E-state index is 0.0747. The SMILES string of the molecule is CCCNC(=O)C(C)NC1CCCN(CCC)CC1. The van der Waals surface area contributed by atoms with Crippen molar-refractivity contribution in [2.24, 2.45) is 0 Å². The van der Waals surface area contributed by atoms with Crippen LogP contribution in [0.5, 0.6) is 0 Å². The van der Waals surface area contributed by atoms with Crippen molar-refractivity contribution >= 4 is 5.91 Å². The molecule has 1 amide bonds. The fourth-order valence-electron chi connectivity index (χ4n) is 2.69. The first-order chi connectivity index (χ1) is 9.17. The van der Waals surface area contributed by atoms with E-state index in [0.29, 0.717) is 6.04 Å². The van der Waals surface area contributed by atoms with Gasteiger partial charge in [0.15, 0.2) is 0 Å². The molecular weight excluding hydrogens is 238 g/mol. The summed E-state index contributed by atoms with van der Waals surface area (Å²) in [5.41, 5.74) is 0. The van der Waals surface area contributed by atoms with Crippen LogP contribution in [-0.2, 0) is 4.79 Å². The minimum Gasteiger partial charge on any atom is -0.355 e. The van der Waals surface area contributed by atoms with E-state index >= 15 is 0 Å². The van der Waals surface area contributed by atoms with Crippen molar-refractivity contribution in [2.75, 3.05) is 26.2 Å². The molecule has 0 spiro atoms. The van der Waals surface area contributed by atoms with Gasteiger partial charge in [-0.1, -0.05) is 13.8 Å². The Morgan fingerprint density at radius 2 is 2.05 bits per heavy atom. The van der Waals surface area contributed by atoms with Gasteiger partial charge in [0.25, 0.3) is 0 Å². The predicted molar refractivity (Wildman–Crippen MR) is 80.3 cm³/mol. The highest BCUT2D eigenvalue weighted by Gasteiger charge is 2.20. The molecule has 19 heavy (non-hydrogen) atoms. The smallest absolute Gasteiger partial charge is 0.236 e. The molecule has 1 fully saturated rings. The van der Waals surface area contributed by atoms with E-state index in [1.165, 1.54) is 32.4 Å². The zero-order valence-corrected chi connectivity index (χ0v) is 12.9. The maximum Gasteiger partial charge on any atom is 0.236 e. The normalized spacial score (nSPS) is 22.8. The highest BCUT2D eigenvalue weighted by atomic mass is 16.2. The number of likely N-dealkylation sites (tertiary alicyclic amines) is 1. The molecule has 4 heteroatoms. The van der Waals surface area contributed by atoms with Crippen molar-refractivity contribution in [2.45, 2.75) is 65.0 Å². The van der Waals surface area contributed by atoms with Gasteiger partial charge in [-0.2, -0.15) is 0 Å². The Balaban J connectivity index is 2.30.